The van der Waals surface area contributed by atoms with E-state index in [0.29, 0.717) is 46.6 Å². The summed E-state index contributed by atoms with van der Waals surface area (Å²) in [5.41, 5.74) is 2.48. The van der Waals surface area contributed by atoms with E-state index in [1.807, 2.05) is 0 Å². The van der Waals surface area contributed by atoms with Crippen molar-refractivity contribution in [3.8, 4) is 11.5 Å². The van der Waals surface area contributed by atoms with Gasteiger partial charge in [0.25, 0.3) is 0 Å². The third-order valence-electron chi connectivity index (χ3n) is 4.68. The Bertz CT molecular complexity index is 968. The largest absolute Gasteiger partial charge is 0.481 e. The summed E-state index contributed by atoms with van der Waals surface area (Å²) < 4.78 is 10.7. The quantitative estimate of drug-likeness (QED) is 0.622. The number of carboxylic acid groups (broad SMARTS) is 2. The van der Waals surface area contributed by atoms with Gasteiger partial charge in [-0.1, -0.05) is 36.4 Å². The fourth-order valence-corrected chi connectivity index (χ4v) is 3.29. The highest BCUT2D eigenvalue weighted by molar-refractivity contribution is 6.14. The zero-order valence-electron chi connectivity index (χ0n) is 16.7. The van der Waals surface area contributed by atoms with Crippen LogP contribution in [0.2, 0.25) is 0 Å². The van der Waals surface area contributed by atoms with Crippen LogP contribution < -0.4 is 9.47 Å². The lowest BCUT2D eigenvalue weighted by atomic mass is 9.86. The van der Waals surface area contributed by atoms with Gasteiger partial charge in [0.1, 0.15) is 11.5 Å². The molecule has 0 amide bonds. The summed E-state index contributed by atoms with van der Waals surface area (Å²) in [6, 6.07) is 13.9. The average molecular weight is 422 g/mol. The van der Waals surface area contributed by atoms with E-state index >= 15 is 0 Å². The van der Waals surface area contributed by atoms with Crippen molar-refractivity contribution in [1.29, 1.82) is 0 Å². The fourth-order valence-electron chi connectivity index (χ4n) is 3.29. The van der Waals surface area contributed by atoms with E-state index in [0.717, 1.165) is 6.42 Å². The molecule has 1 aliphatic carbocycles. The van der Waals surface area contributed by atoms with Crippen LogP contribution in [-0.4, -0.2) is 41.1 Å². The van der Waals surface area contributed by atoms with Gasteiger partial charge in [-0.15, -0.1) is 0 Å². The van der Waals surface area contributed by atoms with Crippen molar-refractivity contribution < 1.29 is 34.1 Å². The first-order valence-electron chi connectivity index (χ1n) is 9.77. The van der Waals surface area contributed by atoms with Crippen molar-refractivity contribution >= 4 is 29.9 Å². The average Bonchev–Trinajstić information content (AvgIpc) is 2.75. The predicted molar refractivity (Wildman–Crippen MR) is 114 cm³/mol. The molecule has 1 fully saturated rings. The number of para-hydroxylation sites is 2. The highest BCUT2D eigenvalue weighted by Crippen LogP contribution is 2.31. The van der Waals surface area contributed by atoms with Crippen molar-refractivity contribution in [3.05, 3.63) is 70.8 Å². The van der Waals surface area contributed by atoms with Crippen LogP contribution in [0.1, 0.15) is 30.4 Å². The second-order valence-corrected chi connectivity index (χ2v) is 6.96. The molecule has 0 atom stereocenters. The Morgan fingerprint density at radius 2 is 1.19 bits per heavy atom. The Morgan fingerprint density at radius 1 is 0.774 bits per heavy atom. The minimum Gasteiger partial charge on any atom is -0.481 e. The number of carboxylic acids is 2. The Balaban J connectivity index is 1.86. The lowest BCUT2D eigenvalue weighted by molar-refractivity contribution is -0.140. The van der Waals surface area contributed by atoms with Crippen molar-refractivity contribution in [2.45, 2.75) is 19.3 Å². The number of ether oxygens (including phenoxy) is 2. The Kier molecular flexibility index (Phi) is 7.22. The smallest absolute Gasteiger partial charge is 0.341 e. The molecule has 2 N–H and O–H groups in total. The predicted octanol–water partition coefficient (Wildman–Crippen LogP) is 3.83. The van der Waals surface area contributed by atoms with Gasteiger partial charge >= 0.3 is 11.9 Å². The zero-order chi connectivity index (χ0) is 22.2. The standard InChI is InChI=1S/C24H22O7/c25-22(26)14-30-20-10-3-1-6-16(20)12-18-8-5-9-19(24(18)29)13-17-7-2-4-11-21(17)31-15-23(27)28/h1-4,6-7,10-13H,5,8-9,14-15H2,(H,25,26)(H,27,28)/b18-12-,19-13+. The molecule has 2 aromatic rings. The Morgan fingerprint density at radius 3 is 1.61 bits per heavy atom. The van der Waals surface area contributed by atoms with Gasteiger partial charge in [0.05, 0.1) is 0 Å². The van der Waals surface area contributed by atoms with E-state index in [2.05, 4.69) is 0 Å². The molecule has 0 bridgehead atoms. The molecule has 0 aromatic heterocycles. The third-order valence-corrected chi connectivity index (χ3v) is 4.68. The highest BCUT2D eigenvalue weighted by atomic mass is 16.5. The Hall–Kier alpha value is -3.87. The van der Waals surface area contributed by atoms with Crippen LogP contribution in [0.15, 0.2) is 59.7 Å². The normalized spacial score (nSPS) is 16.3. The monoisotopic (exact) mass is 422 g/mol. The van der Waals surface area contributed by atoms with Gasteiger partial charge in [0, 0.05) is 22.3 Å². The zero-order valence-corrected chi connectivity index (χ0v) is 16.7. The van der Waals surface area contributed by atoms with Crippen molar-refractivity contribution in [3.63, 3.8) is 0 Å². The van der Waals surface area contributed by atoms with E-state index in [-0.39, 0.29) is 5.78 Å². The number of hydrogen-bond acceptors (Lipinski definition) is 5. The third kappa shape index (κ3) is 6.05. The summed E-state index contributed by atoms with van der Waals surface area (Å²) in [6.07, 6.45) is 5.44. The van der Waals surface area contributed by atoms with Gasteiger partial charge in [0.2, 0.25) is 0 Å². The second-order valence-electron chi connectivity index (χ2n) is 6.96. The van der Waals surface area contributed by atoms with E-state index in [1.165, 1.54) is 0 Å². The first-order valence-corrected chi connectivity index (χ1v) is 9.77. The number of ketones is 1. The number of Topliss-reactive ketones (excluding diaryl/α,β-unsaturated/α-hetero) is 1. The lowest BCUT2D eigenvalue weighted by Gasteiger charge is -2.18. The maximum atomic E-state index is 13.1. The number of aliphatic carboxylic acids is 2. The molecule has 1 saturated carbocycles. The topological polar surface area (TPSA) is 110 Å². The minimum absolute atomic E-state index is 0.104. The van der Waals surface area contributed by atoms with E-state index in [9.17, 15) is 14.4 Å². The molecule has 31 heavy (non-hydrogen) atoms. The highest BCUT2D eigenvalue weighted by Gasteiger charge is 2.21. The van der Waals surface area contributed by atoms with Crippen molar-refractivity contribution in [1.82, 2.24) is 0 Å². The SMILES string of the molecule is O=C(O)COc1ccccc1/C=C1/CCC/C(=C\c2ccccc2OCC(=O)O)C1=O. The summed E-state index contributed by atoms with van der Waals surface area (Å²) in [6.45, 7) is -0.932. The molecule has 7 nitrogen and oxygen atoms in total. The number of rotatable bonds is 8. The molecule has 0 unspecified atom stereocenters. The number of carbonyl (C=O) groups excluding carboxylic acids is 1. The molecule has 0 radical (unpaired) electrons. The van der Waals surface area contributed by atoms with Crippen LogP contribution in [0, 0.1) is 0 Å². The molecule has 160 valence electrons. The lowest BCUT2D eigenvalue weighted by Crippen LogP contribution is -2.13. The number of allylic oxidation sites excluding steroid dienone is 2. The molecule has 2 aromatic carbocycles. The van der Waals surface area contributed by atoms with Gasteiger partial charge in [-0.25, -0.2) is 9.59 Å². The molecule has 0 saturated heterocycles. The van der Waals surface area contributed by atoms with Crippen LogP contribution >= 0.6 is 0 Å². The van der Waals surface area contributed by atoms with Crippen LogP contribution in [0.5, 0.6) is 11.5 Å². The number of benzene rings is 2. The molecule has 0 aliphatic heterocycles. The number of carbonyl (C=O) groups is 3. The molecular weight excluding hydrogens is 400 g/mol. The van der Waals surface area contributed by atoms with Gasteiger partial charge in [0.15, 0.2) is 19.0 Å². The molecule has 1 aliphatic rings. The summed E-state index contributed by atoms with van der Waals surface area (Å²) in [5, 5.41) is 17.7. The van der Waals surface area contributed by atoms with Gasteiger partial charge in [-0.3, -0.25) is 4.79 Å². The molecule has 0 spiro atoms. The van der Waals surface area contributed by atoms with Crippen LogP contribution in [0.4, 0.5) is 0 Å². The molecule has 3 rings (SSSR count). The first kappa shape index (κ1) is 21.8. The first-order chi connectivity index (χ1) is 14.9. The summed E-state index contributed by atoms with van der Waals surface area (Å²) in [7, 11) is 0. The van der Waals surface area contributed by atoms with Crippen molar-refractivity contribution in [2.75, 3.05) is 13.2 Å². The maximum absolute atomic E-state index is 13.1. The van der Waals surface area contributed by atoms with Crippen LogP contribution in [-0.2, 0) is 14.4 Å². The van der Waals surface area contributed by atoms with Crippen LogP contribution in [0.3, 0.4) is 0 Å². The fraction of sp³-hybridized carbons (Fsp3) is 0.208. The van der Waals surface area contributed by atoms with E-state index in [4.69, 9.17) is 19.7 Å². The molecular formula is C24H22O7. The van der Waals surface area contributed by atoms with E-state index in [1.54, 1.807) is 60.7 Å². The minimum atomic E-state index is -1.08. The summed E-state index contributed by atoms with van der Waals surface area (Å²) in [5.74, 6) is -1.47. The number of hydrogen-bond donors (Lipinski definition) is 2. The molecule has 7 heteroatoms. The maximum Gasteiger partial charge on any atom is 0.341 e. The molecule has 0 heterocycles. The Labute approximate surface area is 179 Å². The van der Waals surface area contributed by atoms with Gasteiger partial charge in [-0.05, 0) is 43.5 Å². The van der Waals surface area contributed by atoms with Crippen molar-refractivity contribution in [2.24, 2.45) is 0 Å². The van der Waals surface area contributed by atoms with Gasteiger partial charge in [-0.2, -0.15) is 0 Å². The second kappa shape index (κ2) is 10.2. The van der Waals surface area contributed by atoms with Gasteiger partial charge < -0.3 is 19.7 Å². The van der Waals surface area contributed by atoms with Crippen LogP contribution in [0.25, 0.3) is 12.2 Å². The summed E-state index contributed by atoms with van der Waals surface area (Å²) >= 11 is 0. The van der Waals surface area contributed by atoms with E-state index < -0.39 is 25.2 Å². The summed E-state index contributed by atoms with van der Waals surface area (Å²) in [4.78, 5) is 34.7.